The van der Waals surface area contributed by atoms with Crippen molar-refractivity contribution in [1.29, 1.82) is 0 Å². The molecule has 1 fully saturated rings. The Morgan fingerprint density at radius 2 is 1.76 bits per heavy atom. The van der Waals surface area contributed by atoms with Crippen molar-refractivity contribution in [2.45, 2.75) is 50.8 Å². The highest BCUT2D eigenvalue weighted by molar-refractivity contribution is 6.02. The molecule has 0 bridgehead atoms. The molecule has 4 aliphatic rings. The highest BCUT2D eigenvalue weighted by Gasteiger charge is 2.51. The smallest absolute Gasteiger partial charge is 0.198 e. The fraction of sp³-hybridized carbons (Fsp3) is 0.458. The van der Waals surface area contributed by atoms with Crippen molar-refractivity contribution in [3.8, 4) is 17.2 Å². The van der Waals surface area contributed by atoms with Gasteiger partial charge < -0.3 is 14.2 Å². The Morgan fingerprint density at radius 1 is 0.966 bits per heavy atom. The third-order valence-corrected chi connectivity index (χ3v) is 6.84. The Hall–Kier alpha value is -2.69. The van der Waals surface area contributed by atoms with Crippen molar-refractivity contribution >= 4 is 5.71 Å². The summed E-state index contributed by atoms with van der Waals surface area (Å²) in [5.41, 5.74) is 3.14. The molecule has 5 nitrogen and oxygen atoms in total. The van der Waals surface area contributed by atoms with Crippen LogP contribution < -0.4 is 14.2 Å². The molecule has 1 aliphatic carbocycles. The van der Waals surface area contributed by atoms with Crippen molar-refractivity contribution in [2.24, 2.45) is 11.0 Å². The van der Waals surface area contributed by atoms with E-state index in [1.807, 2.05) is 6.07 Å². The van der Waals surface area contributed by atoms with Crippen LogP contribution in [0.15, 0.2) is 47.6 Å². The zero-order valence-corrected chi connectivity index (χ0v) is 16.8. The van der Waals surface area contributed by atoms with Gasteiger partial charge in [-0.25, -0.2) is 5.01 Å². The second kappa shape index (κ2) is 6.41. The fourth-order valence-corrected chi connectivity index (χ4v) is 5.17. The standard InChI is InChI=1S/C24H26N2O3/c1-16-8-10-24(11-9-16)26-20(18-4-2-3-5-21(18)29-24)15-19(25-26)17-6-7-22-23(14-17)28-13-12-27-22/h2-7,14,16,20H,8-13,15H2,1H3/t16?,20-,24?/m1/s1. The van der Waals surface area contributed by atoms with E-state index in [2.05, 4.69) is 48.3 Å². The second-order valence-corrected chi connectivity index (χ2v) is 8.74. The summed E-state index contributed by atoms with van der Waals surface area (Å²) in [5, 5.41) is 7.44. The number of hydrazone groups is 1. The quantitative estimate of drug-likeness (QED) is 0.694. The maximum absolute atomic E-state index is 6.67. The van der Waals surface area contributed by atoms with E-state index in [4.69, 9.17) is 19.3 Å². The van der Waals surface area contributed by atoms with Crippen LogP contribution in [0.5, 0.6) is 17.2 Å². The SMILES string of the molecule is CC1CCC2(CC1)Oc1ccccc1[C@H]1CC(c3ccc4c(c3)OCCO4)=NN12. The summed E-state index contributed by atoms with van der Waals surface area (Å²) in [6.45, 7) is 3.55. The van der Waals surface area contributed by atoms with E-state index >= 15 is 0 Å². The molecule has 2 aromatic rings. The Balaban J connectivity index is 1.40. The van der Waals surface area contributed by atoms with Crippen molar-refractivity contribution in [1.82, 2.24) is 5.01 Å². The lowest BCUT2D eigenvalue weighted by Crippen LogP contribution is -2.55. The molecule has 0 N–H and O–H groups in total. The summed E-state index contributed by atoms with van der Waals surface area (Å²) in [5.74, 6) is 3.42. The van der Waals surface area contributed by atoms with E-state index in [0.717, 1.165) is 53.7 Å². The lowest BCUT2D eigenvalue weighted by atomic mass is 9.82. The zero-order valence-electron chi connectivity index (χ0n) is 16.8. The summed E-state index contributed by atoms with van der Waals surface area (Å²) in [6.07, 6.45) is 5.30. The molecule has 5 heteroatoms. The third-order valence-electron chi connectivity index (χ3n) is 6.84. The molecule has 2 aromatic carbocycles. The molecule has 1 atom stereocenters. The number of para-hydroxylation sites is 1. The minimum Gasteiger partial charge on any atom is -0.486 e. The van der Waals surface area contributed by atoms with E-state index < -0.39 is 0 Å². The van der Waals surface area contributed by atoms with Crippen molar-refractivity contribution < 1.29 is 14.2 Å². The molecule has 1 spiro atoms. The number of benzene rings is 2. The predicted molar refractivity (Wildman–Crippen MR) is 111 cm³/mol. The molecule has 1 saturated carbocycles. The Bertz CT molecular complexity index is 978. The summed E-state index contributed by atoms with van der Waals surface area (Å²) in [4.78, 5) is 0. The number of nitrogens with zero attached hydrogens (tertiary/aromatic N) is 2. The van der Waals surface area contributed by atoms with E-state index in [1.165, 1.54) is 18.4 Å². The van der Waals surface area contributed by atoms with Gasteiger partial charge in [0.2, 0.25) is 0 Å². The maximum Gasteiger partial charge on any atom is 0.198 e. The molecule has 0 aromatic heterocycles. The van der Waals surface area contributed by atoms with Gasteiger partial charge in [-0.1, -0.05) is 25.1 Å². The Morgan fingerprint density at radius 3 is 2.62 bits per heavy atom. The zero-order chi connectivity index (χ0) is 19.4. The van der Waals surface area contributed by atoms with Gasteiger partial charge in [-0.05, 0) is 43.0 Å². The van der Waals surface area contributed by atoms with Crippen LogP contribution in [-0.2, 0) is 0 Å². The van der Waals surface area contributed by atoms with Crippen LogP contribution in [-0.4, -0.2) is 29.7 Å². The number of ether oxygens (including phenoxy) is 3. The molecular formula is C24H26N2O3. The molecule has 0 amide bonds. The maximum atomic E-state index is 6.67. The number of hydrogen-bond acceptors (Lipinski definition) is 5. The molecule has 0 radical (unpaired) electrons. The largest absolute Gasteiger partial charge is 0.486 e. The van der Waals surface area contributed by atoms with Gasteiger partial charge in [0.1, 0.15) is 19.0 Å². The van der Waals surface area contributed by atoms with Crippen LogP contribution in [0.25, 0.3) is 0 Å². The third kappa shape index (κ3) is 2.70. The molecule has 6 rings (SSSR count). The topological polar surface area (TPSA) is 43.3 Å². The van der Waals surface area contributed by atoms with Gasteiger partial charge in [0.15, 0.2) is 17.2 Å². The van der Waals surface area contributed by atoms with E-state index in [1.54, 1.807) is 0 Å². The van der Waals surface area contributed by atoms with Crippen LogP contribution in [0.4, 0.5) is 0 Å². The molecule has 29 heavy (non-hydrogen) atoms. The summed E-state index contributed by atoms with van der Waals surface area (Å²) in [6, 6.07) is 14.9. The number of fused-ring (bicyclic) bond motifs is 5. The van der Waals surface area contributed by atoms with Crippen LogP contribution in [0.2, 0.25) is 0 Å². The van der Waals surface area contributed by atoms with Crippen LogP contribution in [0.1, 0.15) is 56.2 Å². The summed E-state index contributed by atoms with van der Waals surface area (Å²) in [7, 11) is 0. The summed E-state index contributed by atoms with van der Waals surface area (Å²) < 4.78 is 18.2. The first kappa shape index (κ1) is 17.2. The molecule has 3 heterocycles. The highest BCUT2D eigenvalue weighted by Crippen LogP contribution is 2.52. The van der Waals surface area contributed by atoms with E-state index in [-0.39, 0.29) is 11.8 Å². The first-order chi connectivity index (χ1) is 14.2. The fourth-order valence-electron chi connectivity index (χ4n) is 5.17. The van der Waals surface area contributed by atoms with Crippen LogP contribution in [0, 0.1) is 5.92 Å². The van der Waals surface area contributed by atoms with Gasteiger partial charge in [0.25, 0.3) is 0 Å². The van der Waals surface area contributed by atoms with Gasteiger partial charge >= 0.3 is 0 Å². The highest BCUT2D eigenvalue weighted by atomic mass is 16.6. The number of rotatable bonds is 1. The normalized spacial score (nSPS) is 29.7. The van der Waals surface area contributed by atoms with E-state index in [0.29, 0.717) is 13.2 Å². The lowest BCUT2D eigenvalue weighted by Gasteiger charge is -2.50. The van der Waals surface area contributed by atoms with Gasteiger partial charge in [-0.2, -0.15) is 5.10 Å². The molecule has 150 valence electrons. The van der Waals surface area contributed by atoms with Crippen molar-refractivity contribution in [2.75, 3.05) is 13.2 Å². The monoisotopic (exact) mass is 390 g/mol. The Labute approximate surface area is 171 Å². The second-order valence-electron chi connectivity index (χ2n) is 8.74. The minimum atomic E-state index is -0.318. The van der Waals surface area contributed by atoms with Gasteiger partial charge in [-0.15, -0.1) is 0 Å². The Kier molecular flexibility index (Phi) is 3.80. The number of hydrogen-bond donors (Lipinski definition) is 0. The molecule has 0 unspecified atom stereocenters. The van der Waals surface area contributed by atoms with Crippen molar-refractivity contribution in [3.63, 3.8) is 0 Å². The lowest BCUT2D eigenvalue weighted by molar-refractivity contribution is -0.145. The summed E-state index contributed by atoms with van der Waals surface area (Å²) >= 11 is 0. The molecule has 3 aliphatic heterocycles. The van der Waals surface area contributed by atoms with Crippen LogP contribution in [0.3, 0.4) is 0 Å². The van der Waals surface area contributed by atoms with Gasteiger partial charge in [0, 0.05) is 30.4 Å². The van der Waals surface area contributed by atoms with Crippen LogP contribution >= 0.6 is 0 Å². The minimum absolute atomic E-state index is 0.233. The van der Waals surface area contributed by atoms with Crippen molar-refractivity contribution in [3.05, 3.63) is 53.6 Å². The molecule has 0 saturated heterocycles. The van der Waals surface area contributed by atoms with E-state index in [9.17, 15) is 0 Å². The first-order valence-corrected chi connectivity index (χ1v) is 10.8. The average Bonchev–Trinajstić information content (AvgIpc) is 3.22. The van der Waals surface area contributed by atoms with Gasteiger partial charge in [0.05, 0.1) is 11.8 Å². The predicted octanol–water partition coefficient (Wildman–Crippen LogP) is 4.91. The van der Waals surface area contributed by atoms with Gasteiger partial charge in [-0.3, -0.25) is 0 Å². The average molecular weight is 390 g/mol. The first-order valence-electron chi connectivity index (χ1n) is 10.8. The molecular weight excluding hydrogens is 364 g/mol.